The number of methoxy groups -OCH3 is 4. The largest absolute Gasteiger partial charge is 0.497 e. The number of esters is 1. The molecule has 1 aromatic rings. The van der Waals surface area contributed by atoms with Crippen molar-refractivity contribution >= 4 is 5.97 Å². The number of hydrogen-bond donors (Lipinski definition) is 0. The number of rotatable bonds is 22. The SMILES string of the molecule is C=CC[C@H](/C=C/[C@@](C)(OCOC)[C@@H](C[C@H](COc1ccc(OC)cc1)OCOC)OCOC)OC(=O)C=C. The lowest BCUT2D eigenvalue weighted by atomic mass is 9.92. The molecule has 38 heavy (non-hydrogen) atoms. The maximum absolute atomic E-state index is 11.8. The smallest absolute Gasteiger partial charge is 0.330 e. The topological polar surface area (TPSA) is 100 Å². The lowest BCUT2D eigenvalue weighted by molar-refractivity contribution is -0.197. The average Bonchev–Trinajstić information content (AvgIpc) is 2.94. The molecule has 0 fully saturated rings. The zero-order valence-corrected chi connectivity index (χ0v) is 23.1. The van der Waals surface area contributed by atoms with Crippen LogP contribution < -0.4 is 9.47 Å². The van der Waals surface area contributed by atoms with Gasteiger partial charge in [0.15, 0.2) is 0 Å². The summed E-state index contributed by atoms with van der Waals surface area (Å²) in [4.78, 5) is 11.8. The fraction of sp³-hybridized carbons (Fsp3) is 0.536. The molecular formula is C28H42O10. The van der Waals surface area contributed by atoms with Crippen molar-refractivity contribution in [3.05, 3.63) is 61.7 Å². The third kappa shape index (κ3) is 12.7. The van der Waals surface area contributed by atoms with E-state index in [1.54, 1.807) is 32.4 Å². The van der Waals surface area contributed by atoms with Gasteiger partial charge in [-0.05, 0) is 37.3 Å². The molecule has 0 saturated carbocycles. The van der Waals surface area contributed by atoms with Crippen LogP contribution in [0.15, 0.2) is 61.7 Å². The standard InChI is InChI=1S/C28H42O10/c1-8-10-24(38-27(29)9-2)15-16-28(3,37-21-32-6)26(36-20-31-5)17-25(35-19-30-4)18-34-23-13-11-22(33-7)12-14-23/h8-9,11-16,24-26H,1-2,10,17-21H2,3-7H3/b16-15+/t24-,25-,26-,28-/m1/s1. The Kier molecular flexibility index (Phi) is 17.0. The monoisotopic (exact) mass is 538 g/mol. The Morgan fingerprint density at radius 2 is 1.58 bits per heavy atom. The van der Waals surface area contributed by atoms with Crippen LogP contribution in [0.5, 0.6) is 11.5 Å². The van der Waals surface area contributed by atoms with Crippen molar-refractivity contribution in [1.29, 1.82) is 0 Å². The molecule has 0 heterocycles. The Labute approximate surface area is 226 Å². The molecule has 0 radical (unpaired) electrons. The van der Waals surface area contributed by atoms with E-state index >= 15 is 0 Å². The van der Waals surface area contributed by atoms with E-state index in [1.165, 1.54) is 14.2 Å². The van der Waals surface area contributed by atoms with E-state index in [1.807, 2.05) is 31.2 Å². The molecule has 1 rings (SSSR count). The maximum atomic E-state index is 11.8. The van der Waals surface area contributed by atoms with Gasteiger partial charge in [-0.3, -0.25) is 0 Å². The second kappa shape index (κ2) is 19.4. The van der Waals surface area contributed by atoms with Gasteiger partial charge in [0, 0.05) is 40.2 Å². The number of carbonyl (C=O) groups is 1. The maximum Gasteiger partial charge on any atom is 0.330 e. The first-order valence-electron chi connectivity index (χ1n) is 12.1. The quantitative estimate of drug-likeness (QED) is 0.0930. The summed E-state index contributed by atoms with van der Waals surface area (Å²) in [5.74, 6) is 0.835. The fourth-order valence-corrected chi connectivity index (χ4v) is 3.33. The van der Waals surface area contributed by atoms with Crippen LogP contribution in [0.3, 0.4) is 0 Å². The first-order valence-corrected chi connectivity index (χ1v) is 12.1. The van der Waals surface area contributed by atoms with Gasteiger partial charge in [0.1, 0.15) is 50.2 Å². The van der Waals surface area contributed by atoms with Crippen LogP contribution in [0.2, 0.25) is 0 Å². The summed E-state index contributed by atoms with van der Waals surface area (Å²) in [5, 5.41) is 0. The highest BCUT2D eigenvalue weighted by molar-refractivity contribution is 5.81. The van der Waals surface area contributed by atoms with Crippen LogP contribution in [0.1, 0.15) is 19.8 Å². The summed E-state index contributed by atoms with van der Waals surface area (Å²) in [6.07, 6.45) is 5.38. The van der Waals surface area contributed by atoms with Gasteiger partial charge < -0.3 is 42.6 Å². The van der Waals surface area contributed by atoms with Crippen LogP contribution in [0.4, 0.5) is 0 Å². The van der Waals surface area contributed by atoms with E-state index in [-0.39, 0.29) is 27.0 Å². The normalized spacial score (nSPS) is 15.3. The Bertz CT molecular complexity index is 825. The highest BCUT2D eigenvalue weighted by Crippen LogP contribution is 2.27. The van der Waals surface area contributed by atoms with Gasteiger partial charge >= 0.3 is 5.97 Å². The van der Waals surface area contributed by atoms with Crippen molar-refractivity contribution in [1.82, 2.24) is 0 Å². The van der Waals surface area contributed by atoms with Crippen LogP contribution in [-0.4, -0.2) is 85.3 Å². The van der Waals surface area contributed by atoms with E-state index in [4.69, 9.17) is 42.6 Å². The molecule has 214 valence electrons. The minimum atomic E-state index is -1.04. The Hall–Kier alpha value is -2.73. The van der Waals surface area contributed by atoms with Crippen LogP contribution in [0.25, 0.3) is 0 Å². The van der Waals surface area contributed by atoms with Gasteiger partial charge in [-0.15, -0.1) is 6.58 Å². The van der Waals surface area contributed by atoms with E-state index in [9.17, 15) is 4.79 Å². The summed E-state index contributed by atoms with van der Waals surface area (Å²) in [6, 6.07) is 7.24. The minimum Gasteiger partial charge on any atom is -0.497 e. The summed E-state index contributed by atoms with van der Waals surface area (Å²) in [5.41, 5.74) is -1.04. The summed E-state index contributed by atoms with van der Waals surface area (Å²) in [7, 11) is 6.19. The molecule has 0 N–H and O–H groups in total. The lowest BCUT2D eigenvalue weighted by Crippen LogP contribution is -2.46. The molecule has 10 heteroatoms. The zero-order valence-electron chi connectivity index (χ0n) is 23.1. The van der Waals surface area contributed by atoms with E-state index in [0.717, 1.165) is 11.8 Å². The Morgan fingerprint density at radius 1 is 0.947 bits per heavy atom. The van der Waals surface area contributed by atoms with Crippen molar-refractivity contribution in [3.63, 3.8) is 0 Å². The molecule has 0 spiro atoms. The van der Waals surface area contributed by atoms with Gasteiger partial charge in [-0.25, -0.2) is 4.79 Å². The van der Waals surface area contributed by atoms with Gasteiger partial charge in [0.2, 0.25) is 0 Å². The average molecular weight is 539 g/mol. The van der Waals surface area contributed by atoms with Gasteiger partial charge in [0.05, 0.1) is 19.3 Å². The summed E-state index contributed by atoms with van der Waals surface area (Å²) < 4.78 is 50.1. The van der Waals surface area contributed by atoms with E-state index < -0.39 is 29.9 Å². The number of ether oxygens (including phenoxy) is 9. The van der Waals surface area contributed by atoms with Crippen LogP contribution >= 0.6 is 0 Å². The zero-order chi connectivity index (χ0) is 28.2. The van der Waals surface area contributed by atoms with Gasteiger partial charge in [0.25, 0.3) is 0 Å². The van der Waals surface area contributed by atoms with Crippen molar-refractivity contribution in [2.75, 3.05) is 55.4 Å². The Balaban J connectivity index is 3.18. The predicted molar refractivity (Wildman–Crippen MR) is 142 cm³/mol. The highest BCUT2D eigenvalue weighted by atomic mass is 16.7. The molecule has 0 aromatic heterocycles. The summed E-state index contributed by atoms with van der Waals surface area (Å²) >= 11 is 0. The molecular weight excluding hydrogens is 496 g/mol. The van der Waals surface area contributed by atoms with Crippen molar-refractivity contribution in [3.8, 4) is 11.5 Å². The third-order valence-electron chi connectivity index (χ3n) is 5.38. The molecule has 0 amide bonds. The first-order chi connectivity index (χ1) is 18.3. The second-order valence-electron chi connectivity index (χ2n) is 8.28. The number of hydrogen-bond acceptors (Lipinski definition) is 10. The van der Waals surface area contributed by atoms with E-state index in [0.29, 0.717) is 18.6 Å². The number of benzene rings is 1. The molecule has 0 aliphatic heterocycles. The number of carbonyl (C=O) groups excluding carboxylic acids is 1. The highest BCUT2D eigenvalue weighted by Gasteiger charge is 2.37. The molecule has 0 bridgehead atoms. The molecule has 0 aliphatic rings. The molecule has 0 saturated heterocycles. The van der Waals surface area contributed by atoms with Crippen molar-refractivity contribution in [2.45, 2.75) is 43.7 Å². The third-order valence-corrected chi connectivity index (χ3v) is 5.38. The molecule has 1 aromatic carbocycles. The molecule has 0 aliphatic carbocycles. The molecule has 4 atom stereocenters. The first kappa shape index (κ1) is 33.3. The van der Waals surface area contributed by atoms with Crippen LogP contribution in [0, 0.1) is 0 Å². The van der Waals surface area contributed by atoms with E-state index in [2.05, 4.69) is 13.2 Å². The predicted octanol–water partition coefficient (Wildman–Crippen LogP) is 4.05. The van der Waals surface area contributed by atoms with Crippen molar-refractivity contribution < 1.29 is 47.4 Å². The van der Waals surface area contributed by atoms with Crippen LogP contribution in [-0.2, 0) is 38.0 Å². The summed E-state index contributed by atoms with van der Waals surface area (Å²) in [6.45, 7) is 9.27. The van der Waals surface area contributed by atoms with Gasteiger partial charge in [-0.1, -0.05) is 18.7 Å². The molecule has 0 unspecified atom stereocenters. The van der Waals surface area contributed by atoms with Gasteiger partial charge in [-0.2, -0.15) is 0 Å². The Morgan fingerprint density at radius 3 is 2.16 bits per heavy atom. The van der Waals surface area contributed by atoms with Crippen molar-refractivity contribution in [2.24, 2.45) is 0 Å². The minimum absolute atomic E-state index is 0.00229. The lowest BCUT2D eigenvalue weighted by Gasteiger charge is -2.36. The second-order valence-corrected chi connectivity index (χ2v) is 8.28. The fourth-order valence-electron chi connectivity index (χ4n) is 3.33. The molecule has 10 nitrogen and oxygen atoms in total.